The Morgan fingerprint density at radius 3 is 2.76 bits per heavy atom. The first-order chi connectivity index (χ1) is 8.19. The fourth-order valence-corrected chi connectivity index (χ4v) is 2.03. The number of rotatable bonds is 1. The predicted octanol–water partition coefficient (Wildman–Crippen LogP) is 2.31. The van der Waals surface area contributed by atoms with Crippen LogP contribution in [0, 0.1) is 6.92 Å². The quantitative estimate of drug-likeness (QED) is 0.650. The molecule has 0 fully saturated rings. The Bertz CT molecular complexity index is 767. The fourth-order valence-electron chi connectivity index (χ4n) is 2.03. The van der Waals surface area contributed by atoms with E-state index >= 15 is 0 Å². The third kappa shape index (κ3) is 1.45. The first-order valence-corrected chi connectivity index (χ1v) is 5.35. The van der Waals surface area contributed by atoms with Crippen LogP contribution in [0.2, 0.25) is 0 Å². The lowest BCUT2D eigenvalue weighted by molar-refractivity contribution is 0.543. The van der Waals surface area contributed by atoms with E-state index in [0.29, 0.717) is 17.7 Å². The van der Waals surface area contributed by atoms with Crippen molar-refractivity contribution in [2.24, 2.45) is 5.73 Å². The number of nitrogens with two attached hydrogens (primary N) is 1. The lowest BCUT2D eigenvalue weighted by atomic mass is 10.1. The van der Waals surface area contributed by atoms with E-state index in [9.17, 15) is 4.79 Å². The van der Waals surface area contributed by atoms with E-state index in [1.807, 2.05) is 13.0 Å². The van der Waals surface area contributed by atoms with E-state index in [4.69, 9.17) is 14.6 Å². The largest absolute Gasteiger partial charge is 0.459 e. The lowest BCUT2D eigenvalue weighted by Gasteiger charge is -1.95. The van der Waals surface area contributed by atoms with Crippen molar-refractivity contribution in [2.75, 3.05) is 0 Å². The zero-order valence-corrected chi connectivity index (χ0v) is 9.32. The Labute approximate surface area is 96.6 Å². The van der Waals surface area contributed by atoms with E-state index in [1.165, 1.54) is 6.07 Å². The van der Waals surface area contributed by atoms with Crippen molar-refractivity contribution in [3.8, 4) is 0 Å². The minimum Gasteiger partial charge on any atom is -0.459 e. The second-order valence-corrected chi connectivity index (χ2v) is 3.99. The molecule has 3 rings (SSSR count). The zero-order chi connectivity index (χ0) is 12.0. The van der Waals surface area contributed by atoms with Gasteiger partial charge in [0.1, 0.15) is 16.9 Å². The van der Waals surface area contributed by atoms with Crippen molar-refractivity contribution in [1.82, 2.24) is 0 Å². The highest BCUT2D eigenvalue weighted by molar-refractivity contribution is 5.95. The molecule has 3 aromatic rings. The Morgan fingerprint density at radius 1 is 1.18 bits per heavy atom. The van der Waals surface area contributed by atoms with Gasteiger partial charge in [0.2, 0.25) is 0 Å². The molecule has 4 nitrogen and oxygen atoms in total. The van der Waals surface area contributed by atoms with E-state index in [-0.39, 0.29) is 5.63 Å². The van der Waals surface area contributed by atoms with Gasteiger partial charge in [-0.25, -0.2) is 4.79 Å². The van der Waals surface area contributed by atoms with Gasteiger partial charge in [-0.15, -0.1) is 0 Å². The minimum absolute atomic E-state index is 0.362. The summed E-state index contributed by atoms with van der Waals surface area (Å²) in [6, 6.07) is 6.84. The number of fused-ring (bicyclic) bond motifs is 2. The Balaban J connectivity index is 2.45. The number of benzene rings is 1. The molecule has 0 unspecified atom stereocenters. The van der Waals surface area contributed by atoms with Crippen LogP contribution in [0.3, 0.4) is 0 Å². The van der Waals surface area contributed by atoms with Crippen LogP contribution in [0.5, 0.6) is 0 Å². The molecule has 0 bridgehead atoms. The Kier molecular flexibility index (Phi) is 2.06. The van der Waals surface area contributed by atoms with Gasteiger partial charge in [0.05, 0.1) is 6.54 Å². The topological polar surface area (TPSA) is 69.4 Å². The van der Waals surface area contributed by atoms with Gasteiger partial charge in [-0.05, 0) is 24.6 Å². The maximum atomic E-state index is 11.1. The molecule has 17 heavy (non-hydrogen) atoms. The molecule has 0 saturated carbocycles. The van der Waals surface area contributed by atoms with Crippen LogP contribution in [0.4, 0.5) is 0 Å². The molecule has 0 aliphatic rings. The van der Waals surface area contributed by atoms with Crippen molar-refractivity contribution in [3.63, 3.8) is 0 Å². The van der Waals surface area contributed by atoms with Gasteiger partial charge in [-0.1, -0.05) is 0 Å². The highest BCUT2D eigenvalue weighted by atomic mass is 16.4. The molecule has 4 heteroatoms. The van der Waals surface area contributed by atoms with Gasteiger partial charge in [0, 0.05) is 22.9 Å². The molecule has 2 aromatic heterocycles. The number of hydrogen-bond acceptors (Lipinski definition) is 4. The van der Waals surface area contributed by atoms with Crippen molar-refractivity contribution < 1.29 is 8.83 Å². The molecule has 0 aliphatic heterocycles. The van der Waals surface area contributed by atoms with Crippen LogP contribution >= 0.6 is 0 Å². The highest BCUT2D eigenvalue weighted by Crippen LogP contribution is 2.28. The van der Waals surface area contributed by atoms with E-state index in [2.05, 4.69) is 0 Å². The summed E-state index contributed by atoms with van der Waals surface area (Å²) in [7, 11) is 0. The van der Waals surface area contributed by atoms with Gasteiger partial charge in [-0.3, -0.25) is 0 Å². The summed E-state index contributed by atoms with van der Waals surface area (Å²) in [6.07, 6.45) is 0. The molecule has 0 aliphatic carbocycles. The SMILES string of the molecule is Cc1c(CN)oc2cc3oc(=O)ccc3cc12. The van der Waals surface area contributed by atoms with E-state index < -0.39 is 0 Å². The number of aryl methyl sites for hydroxylation is 1. The summed E-state index contributed by atoms with van der Waals surface area (Å²) in [6.45, 7) is 2.33. The average molecular weight is 229 g/mol. The second kappa shape index (κ2) is 3.46. The predicted molar refractivity (Wildman–Crippen MR) is 64.9 cm³/mol. The normalized spacial score (nSPS) is 11.4. The van der Waals surface area contributed by atoms with Crippen molar-refractivity contribution in [2.45, 2.75) is 13.5 Å². The summed E-state index contributed by atoms with van der Waals surface area (Å²) in [4.78, 5) is 11.1. The first kappa shape index (κ1) is 10.1. The van der Waals surface area contributed by atoms with Crippen molar-refractivity contribution in [3.05, 3.63) is 46.0 Å². The van der Waals surface area contributed by atoms with Crippen molar-refractivity contribution in [1.29, 1.82) is 0 Å². The lowest BCUT2D eigenvalue weighted by Crippen LogP contribution is -1.95. The molecule has 86 valence electrons. The summed E-state index contributed by atoms with van der Waals surface area (Å²) in [5.41, 5.74) is 7.50. The molecular weight excluding hydrogens is 218 g/mol. The van der Waals surface area contributed by atoms with Gasteiger partial charge in [0.15, 0.2) is 0 Å². The van der Waals surface area contributed by atoms with Crippen LogP contribution in [0.25, 0.3) is 21.9 Å². The van der Waals surface area contributed by atoms with E-state index in [1.54, 1.807) is 12.1 Å². The standard InChI is InChI=1S/C13H11NO3/c1-7-9-4-8-2-3-13(15)17-10(8)5-11(9)16-12(7)6-14/h2-5H,6,14H2,1H3. The van der Waals surface area contributed by atoms with Gasteiger partial charge < -0.3 is 14.6 Å². The van der Waals surface area contributed by atoms with Crippen LogP contribution in [-0.4, -0.2) is 0 Å². The maximum absolute atomic E-state index is 11.1. The van der Waals surface area contributed by atoms with Gasteiger partial charge >= 0.3 is 5.63 Å². The molecule has 1 aromatic carbocycles. The van der Waals surface area contributed by atoms with Gasteiger partial charge in [-0.2, -0.15) is 0 Å². The first-order valence-electron chi connectivity index (χ1n) is 5.35. The Hall–Kier alpha value is -2.07. The van der Waals surface area contributed by atoms with Crippen LogP contribution in [-0.2, 0) is 6.54 Å². The zero-order valence-electron chi connectivity index (χ0n) is 9.32. The molecule has 2 N–H and O–H groups in total. The number of hydrogen-bond donors (Lipinski definition) is 1. The molecule has 0 atom stereocenters. The summed E-state index contributed by atoms with van der Waals surface area (Å²) < 4.78 is 10.7. The van der Waals surface area contributed by atoms with Crippen LogP contribution < -0.4 is 11.4 Å². The molecule has 0 radical (unpaired) electrons. The van der Waals surface area contributed by atoms with Crippen LogP contribution in [0.15, 0.2) is 37.9 Å². The molecule has 2 heterocycles. The Morgan fingerprint density at radius 2 is 2.00 bits per heavy atom. The van der Waals surface area contributed by atoms with Crippen molar-refractivity contribution >= 4 is 21.9 Å². The molecular formula is C13H11NO3. The summed E-state index contributed by atoms with van der Waals surface area (Å²) in [5.74, 6) is 0.762. The molecule has 0 spiro atoms. The fraction of sp³-hybridized carbons (Fsp3) is 0.154. The molecule has 0 amide bonds. The third-order valence-electron chi connectivity index (χ3n) is 2.96. The van der Waals surface area contributed by atoms with E-state index in [0.717, 1.165) is 22.1 Å². The highest BCUT2D eigenvalue weighted by Gasteiger charge is 2.10. The second-order valence-electron chi connectivity index (χ2n) is 3.99. The van der Waals surface area contributed by atoms with Gasteiger partial charge in [0.25, 0.3) is 0 Å². The maximum Gasteiger partial charge on any atom is 0.336 e. The monoisotopic (exact) mass is 229 g/mol. The smallest absolute Gasteiger partial charge is 0.336 e. The summed E-state index contributed by atoms with van der Waals surface area (Å²) >= 11 is 0. The molecule has 0 saturated heterocycles. The average Bonchev–Trinajstić information content (AvgIpc) is 2.63. The number of furan rings is 1. The summed E-state index contributed by atoms with van der Waals surface area (Å²) in [5, 5.41) is 1.89. The minimum atomic E-state index is -0.362. The van der Waals surface area contributed by atoms with Crippen LogP contribution in [0.1, 0.15) is 11.3 Å². The third-order valence-corrected chi connectivity index (χ3v) is 2.96.